The maximum absolute atomic E-state index is 12.5. The Morgan fingerprint density at radius 3 is 2.57 bits per heavy atom. The van der Waals surface area contributed by atoms with Gasteiger partial charge in [0.05, 0.1) is 23.2 Å². The molecule has 7 nitrogen and oxygen atoms in total. The Kier molecular flexibility index (Phi) is 5.12. The summed E-state index contributed by atoms with van der Waals surface area (Å²) >= 11 is 1.17. The van der Waals surface area contributed by atoms with Crippen molar-refractivity contribution in [1.82, 2.24) is 14.8 Å². The molecule has 0 saturated heterocycles. The van der Waals surface area contributed by atoms with E-state index in [0.29, 0.717) is 23.0 Å². The number of sulfonamides is 1. The highest BCUT2D eigenvalue weighted by molar-refractivity contribution is 7.93. The Labute approximate surface area is 172 Å². The SMILES string of the molecule is O=S(=O)(Nc1nccs1)c1ccc2c(cnn2Cc2ccc(OC(F)(F)F)cc2)c1. The summed E-state index contributed by atoms with van der Waals surface area (Å²) in [5.74, 6) is -0.306. The Bertz CT molecular complexity index is 1270. The van der Waals surface area contributed by atoms with Gasteiger partial charge in [-0.2, -0.15) is 5.10 Å². The number of hydrogen-bond donors (Lipinski definition) is 1. The van der Waals surface area contributed by atoms with Crippen molar-refractivity contribution in [3.63, 3.8) is 0 Å². The number of nitrogens with zero attached hydrogens (tertiary/aromatic N) is 3. The van der Waals surface area contributed by atoms with Crippen LogP contribution in [0.5, 0.6) is 5.75 Å². The van der Waals surface area contributed by atoms with Crippen LogP contribution in [0.15, 0.2) is 65.1 Å². The molecule has 0 bridgehead atoms. The van der Waals surface area contributed by atoms with Crippen molar-refractivity contribution in [3.05, 3.63) is 65.8 Å². The van der Waals surface area contributed by atoms with E-state index in [0.717, 1.165) is 0 Å². The number of halogens is 3. The molecule has 0 spiro atoms. The van der Waals surface area contributed by atoms with Gasteiger partial charge in [-0.15, -0.1) is 24.5 Å². The number of nitrogens with one attached hydrogen (secondary N) is 1. The minimum absolute atomic E-state index is 0.0680. The van der Waals surface area contributed by atoms with Gasteiger partial charge in [-0.3, -0.25) is 9.40 Å². The van der Waals surface area contributed by atoms with Gasteiger partial charge < -0.3 is 4.74 Å². The van der Waals surface area contributed by atoms with Crippen LogP contribution in [0.2, 0.25) is 0 Å². The van der Waals surface area contributed by atoms with Crippen LogP contribution in [0.4, 0.5) is 18.3 Å². The van der Waals surface area contributed by atoms with Crippen LogP contribution >= 0.6 is 11.3 Å². The number of rotatable bonds is 6. The van der Waals surface area contributed by atoms with Crippen LogP contribution < -0.4 is 9.46 Å². The molecule has 0 aliphatic heterocycles. The van der Waals surface area contributed by atoms with E-state index in [1.807, 2.05) is 0 Å². The first-order valence-electron chi connectivity index (χ1n) is 8.42. The van der Waals surface area contributed by atoms with Crippen molar-refractivity contribution in [1.29, 1.82) is 0 Å². The fraction of sp³-hybridized carbons (Fsp3) is 0.111. The second-order valence-corrected chi connectivity index (χ2v) is 8.73. The monoisotopic (exact) mass is 454 g/mol. The van der Waals surface area contributed by atoms with E-state index in [1.165, 1.54) is 60.1 Å². The van der Waals surface area contributed by atoms with Gasteiger partial charge in [0.1, 0.15) is 5.75 Å². The molecule has 156 valence electrons. The molecule has 0 saturated carbocycles. The number of thiazole rings is 1. The predicted molar refractivity (Wildman–Crippen MR) is 105 cm³/mol. The zero-order chi connectivity index (χ0) is 21.4. The van der Waals surface area contributed by atoms with Crippen LogP contribution in [0.3, 0.4) is 0 Å². The van der Waals surface area contributed by atoms with Gasteiger partial charge >= 0.3 is 6.36 Å². The van der Waals surface area contributed by atoms with E-state index in [2.05, 4.69) is 19.5 Å². The van der Waals surface area contributed by atoms with Crippen LogP contribution in [0.1, 0.15) is 5.56 Å². The molecule has 0 atom stereocenters. The number of fused-ring (bicyclic) bond motifs is 1. The number of anilines is 1. The summed E-state index contributed by atoms with van der Waals surface area (Å²) in [6, 6.07) is 10.0. The first-order chi connectivity index (χ1) is 14.2. The van der Waals surface area contributed by atoms with Crippen molar-refractivity contribution in [2.45, 2.75) is 17.8 Å². The van der Waals surface area contributed by atoms with E-state index in [-0.39, 0.29) is 15.8 Å². The van der Waals surface area contributed by atoms with Crippen molar-refractivity contribution in [2.75, 3.05) is 4.72 Å². The zero-order valence-electron chi connectivity index (χ0n) is 15.0. The molecule has 30 heavy (non-hydrogen) atoms. The first kappa shape index (κ1) is 20.2. The van der Waals surface area contributed by atoms with E-state index < -0.39 is 16.4 Å². The third-order valence-electron chi connectivity index (χ3n) is 4.07. The minimum Gasteiger partial charge on any atom is -0.406 e. The van der Waals surface area contributed by atoms with Crippen LogP contribution in [-0.2, 0) is 16.6 Å². The van der Waals surface area contributed by atoms with Crippen molar-refractivity contribution in [3.8, 4) is 5.75 Å². The molecular formula is C18H13F3N4O3S2. The number of hydrogen-bond acceptors (Lipinski definition) is 6. The van der Waals surface area contributed by atoms with Crippen molar-refractivity contribution >= 4 is 37.4 Å². The summed E-state index contributed by atoms with van der Waals surface area (Å²) in [4.78, 5) is 3.97. The van der Waals surface area contributed by atoms with Gasteiger partial charge in [-0.1, -0.05) is 12.1 Å². The quantitative estimate of drug-likeness (QED) is 0.471. The summed E-state index contributed by atoms with van der Waals surface area (Å²) in [7, 11) is -3.79. The van der Waals surface area contributed by atoms with Gasteiger partial charge in [0, 0.05) is 17.0 Å². The van der Waals surface area contributed by atoms with Gasteiger partial charge in [-0.25, -0.2) is 13.4 Å². The lowest BCUT2D eigenvalue weighted by Gasteiger charge is -2.10. The third-order valence-corrected chi connectivity index (χ3v) is 6.22. The van der Waals surface area contributed by atoms with E-state index in [9.17, 15) is 21.6 Å². The first-order valence-corrected chi connectivity index (χ1v) is 10.8. The van der Waals surface area contributed by atoms with Crippen LogP contribution in [0, 0.1) is 0 Å². The van der Waals surface area contributed by atoms with Crippen LogP contribution in [-0.4, -0.2) is 29.5 Å². The van der Waals surface area contributed by atoms with Gasteiger partial charge in [0.15, 0.2) is 5.13 Å². The molecule has 0 amide bonds. The smallest absolute Gasteiger partial charge is 0.406 e. The summed E-state index contributed by atoms with van der Waals surface area (Å²) in [5.41, 5.74) is 1.38. The highest BCUT2D eigenvalue weighted by Crippen LogP contribution is 2.25. The maximum atomic E-state index is 12.5. The summed E-state index contributed by atoms with van der Waals surface area (Å²) in [6.07, 6.45) is -1.72. The molecule has 4 rings (SSSR count). The highest BCUT2D eigenvalue weighted by Gasteiger charge is 2.30. The highest BCUT2D eigenvalue weighted by atomic mass is 32.2. The van der Waals surface area contributed by atoms with Crippen molar-refractivity contribution < 1.29 is 26.3 Å². The largest absolute Gasteiger partial charge is 0.573 e. The molecule has 2 heterocycles. The molecular weight excluding hydrogens is 441 g/mol. The van der Waals surface area contributed by atoms with E-state index in [4.69, 9.17) is 0 Å². The Morgan fingerprint density at radius 1 is 1.13 bits per heavy atom. The Morgan fingerprint density at radius 2 is 1.90 bits per heavy atom. The molecule has 2 aromatic carbocycles. The minimum atomic E-state index is -4.74. The fourth-order valence-corrected chi connectivity index (χ4v) is 4.60. The summed E-state index contributed by atoms with van der Waals surface area (Å²) < 4.78 is 69.7. The maximum Gasteiger partial charge on any atom is 0.573 e. The number of alkyl halides is 3. The lowest BCUT2D eigenvalue weighted by Crippen LogP contribution is -2.17. The second-order valence-electron chi connectivity index (χ2n) is 6.16. The topological polar surface area (TPSA) is 86.1 Å². The predicted octanol–water partition coefficient (Wildman–Crippen LogP) is 4.24. The molecule has 1 N–H and O–H groups in total. The average molecular weight is 454 g/mol. The number of ether oxygens (including phenoxy) is 1. The summed E-state index contributed by atoms with van der Waals surface area (Å²) in [5, 5.41) is 6.78. The average Bonchev–Trinajstić information content (AvgIpc) is 3.31. The van der Waals surface area contributed by atoms with Gasteiger partial charge in [-0.05, 0) is 35.9 Å². The molecule has 0 unspecified atom stereocenters. The zero-order valence-corrected chi connectivity index (χ0v) is 16.6. The van der Waals surface area contributed by atoms with Crippen molar-refractivity contribution in [2.24, 2.45) is 0 Å². The fourth-order valence-electron chi connectivity index (χ4n) is 2.78. The Balaban J connectivity index is 1.54. The lowest BCUT2D eigenvalue weighted by molar-refractivity contribution is -0.274. The molecule has 0 aliphatic rings. The van der Waals surface area contributed by atoms with E-state index in [1.54, 1.807) is 16.1 Å². The molecule has 0 aliphatic carbocycles. The molecule has 2 aromatic heterocycles. The Hall–Kier alpha value is -3.12. The normalized spacial score (nSPS) is 12.2. The van der Waals surface area contributed by atoms with Gasteiger partial charge in [0.25, 0.3) is 10.0 Å². The second kappa shape index (κ2) is 7.61. The molecule has 0 radical (unpaired) electrons. The molecule has 0 fully saturated rings. The third kappa shape index (κ3) is 4.54. The summed E-state index contributed by atoms with van der Waals surface area (Å²) in [6.45, 7) is 0.291. The molecule has 12 heteroatoms. The van der Waals surface area contributed by atoms with E-state index >= 15 is 0 Å². The standard InChI is InChI=1S/C18H13F3N4O3S2/c19-18(20,21)28-14-3-1-12(2-4-14)11-25-16-6-5-15(9-13(16)10-23-25)30(26,27)24-17-22-7-8-29-17/h1-10H,11H2,(H,22,24). The molecule has 4 aromatic rings. The van der Waals surface area contributed by atoms with Crippen LogP contribution in [0.25, 0.3) is 10.9 Å². The number of benzene rings is 2. The number of aromatic nitrogens is 3. The lowest BCUT2D eigenvalue weighted by atomic mass is 10.2. The van der Waals surface area contributed by atoms with Gasteiger partial charge in [0.2, 0.25) is 0 Å².